The zero-order chi connectivity index (χ0) is 19.2. The third-order valence-electron chi connectivity index (χ3n) is 3.86. The number of nitrogens with zero attached hydrogens (tertiary/aromatic N) is 2. The Kier molecular flexibility index (Phi) is 6.05. The number of terminal acetylenes is 1. The molecule has 0 spiro atoms. The average molecular weight is 386 g/mol. The minimum Gasteiger partial charge on any atom is -0.493 e. The Labute approximate surface area is 163 Å². The van der Waals surface area contributed by atoms with Crippen molar-refractivity contribution in [3.05, 3.63) is 41.7 Å². The minimum absolute atomic E-state index is 0.203. The van der Waals surface area contributed by atoms with Gasteiger partial charge in [-0.25, -0.2) is 4.68 Å². The van der Waals surface area contributed by atoms with Crippen LogP contribution in [0, 0.1) is 18.3 Å². The van der Waals surface area contributed by atoms with Gasteiger partial charge in [0.25, 0.3) is 0 Å². The van der Waals surface area contributed by atoms with Crippen LogP contribution in [0.4, 0.5) is 0 Å². The van der Waals surface area contributed by atoms with Crippen molar-refractivity contribution in [3.8, 4) is 29.6 Å². The fourth-order valence-electron chi connectivity index (χ4n) is 2.27. The standard InChI is InChI=1S/C20H20ClN3O3/c1-3-16(23-14(2)25)8-9-24-12-18(11-22-24)27-20-7-6-17(10-19(20)21)26-13-15-4-5-15/h1,6-12,15-16H,4-5,13H2,2H3,(H,23,25)/b9-8+. The largest absolute Gasteiger partial charge is 0.493 e. The number of amides is 1. The van der Waals surface area contributed by atoms with Crippen LogP contribution in [0.25, 0.3) is 6.20 Å². The molecule has 0 bridgehead atoms. The SMILES string of the molecule is C#CC(/C=C/n1cc(Oc2ccc(OCC3CC3)cc2Cl)cn1)NC(C)=O. The van der Waals surface area contributed by atoms with Crippen molar-refractivity contribution in [3.63, 3.8) is 0 Å². The molecule has 1 N–H and O–H groups in total. The van der Waals surface area contributed by atoms with Crippen LogP contribution in [0.15, 0.2) is 36.7 Å². The van der Waals surface area contributed by atoms with E-state index >= 15 is 0 Å². The van der Waals surface area contributed by atoms with Crippen molar-refractivity contribution in [2.45, 2.75) is 25.8 Å². The molecule has 1 atom stereocenters. The number of carbonyl (C=O) groups is 1. The average Bonchev–Trinajstić information content (AvgIpc) is 3.37. The summed E-state index contributed by atoms with van der Waals surface area (Å²) in [6, 6.07) is 4.84. The van der Waals surface area contributed by atoms with Crippen LogP contribution in [-0.2, 0) is 4.79 Å². The molecule has 1 aromatic carbocycles. The Balaban J connectivity index is 1.59. The van der Waals surface area contributed by atoms with Crippen LogP contribution in [0.1, 0.15) is 19.8 Å². The fraction of sp³-hybridized carbons (Fsp3) is 0.300. The first kappa shape index (κ1) is 18.9. The first-order valence-electron chi connectivity index (χ1n) is 8.59. The molecule has 1 amide bonds. The summed E-state index contributed by atoms with van der Waals surface area (Å²) in [6.45, 7) is 2.14. The van der Waals surface area contributed by atoms with Crippen LogP contribution < -0.4 is 14.8 Å². The quantitative estimate of drug-likeness (QED) is 0.703. The summed E-state index contributed by atoms with van der Waals surface area (Å²) < 4.78 is 13.0. The summed E-state index contributed by atoms with van der Waals surface area (Å²) in [7, 11) is 0. The maximum Gasteiger partial charge on any atom is 0.218 e. The molecule has 1 aliphatic carbocycles. The number of nitrogens with one attached hydrogen (secondary N) is 1. The summed E-state index contributed by atoms with van der Waals surface area (Å²) >= 11 is 6.28. The molecule has 0 radical (unpaired) electrons. The molecule has 1 aliphatic rings. The summed E-state index contributed by atoms with van der Waals surface area (Å²) in [5, 5.41) is 7.24. The van der Waals surface area contributed by atoms with Gasteiger partial charge in [0.05, 0.1) is 24.0 Å². The highest BCUT2D eigenvalue weighted by atomic mass is 35.5. The Morgan fingerprint density at radius 2 is 2.33 bits per heavy atom. The molecule has 1 fully saturated rings. The smallest absolute Gasteiger partial charge is 0.218 e. The minimum atomic E-state index is -0.506. The van der Waals surface area contributed by atoms with Crippen LogP contribution in [0.5, 0.6) is 17.2 Å². The van der Waals surface area contributed by atoms with Gasteiger partial charge < -0.3 is 14.8 Å². The molecule has 1 saturated carbocycles. The van der Waals surface area contributed by atoms with Crippen LogP contribution >= 0.6 is 11.6 Å². The number of carbonyl (C=O) groups excluding carboxylic acids is 1. The number of benzene rings is 1. The van der Waals surface area contributed by atoms with Crippen molar-refractivity contribution >= 4 is 23.7 Å². The Hall–Kier alpha value is -2.91. The summed E-state index contributed by atoms with van der Waals surface area (Å²) in [5.74, 6) is 4.70. The van der Waals surface area contributed by atoms with Crippen molar-refractivity contribution in [1.82, 2.24) is 15.1 Å². The number of ether oxygens (including phenoxy) is 2. The molecule has 0 saturated heterocycles. The topological polar surface area (TPSA) is 65.4 Å². The van der Waals surface area contributed by atoms with E-state index in [9.17, 15) is 4.79 Å². The van der Waals surface area contributed by atoms with Crippen molar-refractivity contribution in [2.75, 3.05) is 6.61 Å². The lowest BCUT2D eigenvalue weighted by atomic mass is 10.3. The van der Waals surface area contributed by atoms with Crippen LogP contribution in [-0.4, -0.2) is 28.3 Å². The normalized spacial score (nSPS) is 14.6. The maximum absolute atomic E-state index is 11.1. The van der Waals surface area contributed by atoms with Crippen molar-refractivity contribution < 1.29 is 14.3 Å². The van der Waals surface area contributed by atoms with E-state index in [4.69, 9.17) is 27.5 Å². The van der Waals surface area contributed by atoms with Gasteiger partial charge in [0, 0.05) is 19.2 Å². The van der Waals surface area contributed by atoms with E-state index in [1.165, 1.54) is 24.4 Å². The zero-order valence-corrected chi connectivity index (χ0v) is 15.6. The molecule has 3 rings (SSSR count). The van der Waals surface area contributed by atoms with E-state index in [0.29, 0.717) is 22.4 Å². The van der Waals surface area contributed by atoms with Gasteiger partial charge in [-0.05, 0) is 37.0 Å². The highest BCUT2D eigenvalue weighted by Crippen LogP contribution is 2.34. The van der Waals surface area contributed by atoms with E-state index in [1.807, 2.05) is 6.07 Å². The monoisotopic (exact) mass is 385 g/mol. The van der Waals surface area contributed by atoms with E-state index in [1.54, 1.807) is 36.8 Å². The third-order valence-corrected chi connectivity index (χ3v) is 4.16. The van der Waals surface area contributed by atoms with Gasteiger partial charge in [-0.2, -0.15) is 5.10 Å². The predicted octanol–water partition coefficient (Wildman–Crippen LogP) is 3.73. The molecular weight excluding hydrogens is 366 g/mol. The molecule has 0 aliphatic heterocycles. The fourth-order valence-corrected chi connectivity index (χ4v) is 2.48. The van der Waals surface area contributed by atoms with E-state index in [-0.39, 0.29) is 5.91 Å². The third kappa shape index (κ3) is 5.80. The van der Waals surface area contributed by atoms with E-state index in [2.05, 4.69) is 16.3 Å². The molecule has 2 aromatic rings. The second-order valence-corrected chi connectivity index (χ2v) is 6.70. The second-order valence-electron chi connectivity index (χ2n) is 6.29. The van der Waals surface area contributed by atoms with Gasteiger partial charge in [0.1, 0.15) is 17.5 Å². The van der Waals surface area contributed by atoms with Gasteiger partial charge in [0.2, 0.25) is 5.91 Å². The number of hydrogen-bond acceptors (Lipinski definition) is 4. The molecule has 1 heterocycles. The lowest BCUT2D eigenvalue weighted by Crippen LogP contribution is -2.29. The first-order chi connectivity index (χ1) is 13.0. The summed E-state index contributed by atoms with van der Waals surface area (Å²) in [5.41, 5.74) is 0. The van der Waals surface area contributed by atoms with Crippen LogP contribution in [0.2, 0.25) is 5.02 Å². The van der Waals surface area contributed by atoms with Gasteiger partial charge in [-0.3, -0.25) is 4.79 Å². The molecule has 7 heteroatoms. The Bertz CT molecular complexity index is 881. The highest BCUT2D eigenvalue weighted by molar-refractivity contribution is 6.32. The van der Waals surface area contributed by atoms with Crippen molar-refractivity contribution in [2.24, 2.45) is 5.92 Å². The van der Waals surface area contributed by atoms with Crippen molar-refractivity contribution in [1.29, 1.82) is 0 Å². The second kappa shape index (κ2) is 8.65. The molecule has 27 heavy (non-hydrogen) atoms. The molecule has 1 unspecified atom stereocenters. The van der Waals surface area contributed by atoms with E-state index in [0.717, 1.165) is 12.4 Å². The number of aromatic nitrogens is 2. The zero-order valence-electron chi connectivity index (χ0n) is 14.9. The lowest BCUT2D eigenvalue weighted by molar-refractivity contribution is -0.119. The maximum atomic E-state index is 11.1. The summed E-state index contributed by atoms with van der Waals surface area (Å²) in [6.07, 6.45) is 14.4. The van der Waals surface area contributed by atoms with Gasteiger partial charge in [0.15, 0.2) is 5.75 Å². The van der Waals surface area contributed by atoms with E-state index < -0.39 is 6.04 Å². The number of hydrogen-bond donors (Lipinski definition) is 1. The lowest BCUT2D eigenvalue weighted by Gasteiger charge is -2.09. The molecule has 1 aromatic heterocycles. The first-order valence-corrected chi connectivity index (χ1v) is 8.97. The Morgan fingerprint density at radius 1 is 1.52 bits per heavy atom. The summed E-state index contributed by atoms with van der Waals surface area (Å²) in [4.78, 5) is 11.1. The van der Waals surface area contributed by atoms with Crippen LogP contribution in [0.3, 0.4) is 0 Å². The molecular formula is C20H20ClN3O3. The van der Waals surface area contributed by atoms with Gasteiger partial charge in [-0.15, -0.1) is 6.42 Å². The highest BCUT2D eigenvalue weighted by Gasteiger charge is 2.22. The van der Waals surface area contributed by atoms with Gasteiger partial charge in [-0.1, -0.05) is 17.5 Å². The Morgan fingerprint density at radius 3 is 3.00 bits per heavy atom. The molecule has 140 valence electrons. The van der Waals surface area contributed by atoms with Gasteiger partial charge >= 0.3 is 0 Å². The number of halogens is 1. The molecule has 6 nitrogen and oxygen atoms in total. The predicted molar refractivity (Wildman–Crippen MR) is 104 cm³/mol. The number of rotatable bonds is 8.